The van der Waals surface area contributed by atoms with Crippen molar-refractivity contribution in [1.29, 1.82) is 0 Å². The molecular weight excluding hydrogens is 304 g/mol. The van der Waals surface area contributed by atoms with Gasteiger partial charge in [-0.3, -0.25) is 0 Å². The third kappa shape index (κ3) is 2.81. The fourth-order valence-electron chi connectivity index (χ4n) is 2.15. The van der Waals surface area contributed by atoms with Crippen molar-refractivity contribution in [3.05, 3.63) is 41.0 Å². The summed E-state index contributed by atoms with van der Waals surface area (Å²) in [5, 5.41) is 8.79. The van der Waals surface area contributed by atoms with Crippen molar-refractivity contribution in [1.82, 2.24) is 4.31 Å². The van der Waals surface area contributed by atoms with Crippen molar-refractivity contribution in [2.75, 3.05) is 13.1 Å². The van der Waals surface area contributed by atoms with E-state index in [0.717, 1.165) is 15.9 Å². The maximum Gasteiger partial charge on any atom is 0.341 e. The van der Waals surface area contributed by atoms with E-state index < -0.39 is 38.1 Å². The summed E-state index contributed by atoms with van der Waals surface area (Å²) in [6, 6.07) is 1.39. The van der Waals surface area contributed by atoms with E-state index in [2.05, 4.69) is 0 Å². The lowest BCUT2D eigenvalue weighted by Gasteiger charge is -2.25. The van der Waals surface area contributed by atoms with Crippen molar-refractivity contribution in [2.45, 2.75) is 18.2 Å². The second-order valence-corrected chi connectivity index (χ2v) is 6.62. The van der Waals surface area contributed by atoms with Crippen molar-refractivity contribution < 1.29 is 27.1 Å². The van der Waals surface area contributed by atoms with E-state index in [1.807, 2.05) is 6.08 Å². The Kier molecular flexibility index (Phi) is 4.11. The van der Waals surface area contributed by atoms with E-state index in [-0.39, 0.29) is 13.1 Å². The molecule has 0 aromatic heterocycles. The van der Waals surface area contributed by atoms with Crippen LogP contribution in [0.2, 0.25) is 0 Å². The monoisotopic (exact) mass is 317 g/mol. The third-order valence-corrected chi connectivity index (χ3v) is 5.05. The molecule has 0 saturated carbocycles. The van der Waals surface area contributed by atoms with E-state index in [0.29, 0.717) is 12.5 Å². The predicted molar refractivity (Wildman–Crippen MR) is 70.5 cm³/mol. The van der Waals surface area contributed by atoms with Gasteiger partial charge < -0.3 is 5.11 Å². The smallest absolute Gasteiger partial charge is 0.341 e. The summed E-state index contributed by atoms with van der Waals surface area (Å²) in [5.41, 5.74) is -0.453. The molecule has 1 aliphatic heterocycles. The molecule has 0 aliphatic carbocycles. The number of sulfonamides is 1. The standard InChI is InChI=1S/C13H13F2NO4S/c1-8-3-2-6-16(7-8)21(19,20)10-5-4-9(14)11(12(10)15)13(17)18/h3-5H,2,6-7H2,1H3,(H,17,18). The van der Waals surface area contributed by atoms with E-state index in [1.165, 1.54) is 0 Å². The summed E-state index contributed by atoms with van der Waals surface area (Å²) in [6.07, 6.45) is 2.36. The zero-order valence-corrected chi connectivity index (χ0v) is 12.0. The topological polar surface area (TPSA) is 74.7 Å². The van der Waals surface area contributed by atoms with Crippen LogP contribution in [0.1, 0.15) is 23.7 Å². The van der Waals surface area contributed by atoms with Gasteiger partial charge in [-0.2, -0.15) is 4.31 Å². The molecular formula is C13H13F2NO4S. The van der Waals surface area contributed by atoms with E-state index in [9.17, 15) is 22.0 Å². The number of rotatable bonds is 3. The molecule has 1 aliphatic rings. The summed E-state index contributed by atoms with van der Waals surface area (Å²) in [7, 11) is -4.21. The van der Waals surface area contributed by atoms with Gasteiger partial charge in [0.05, 0.1) is 0 Å². The van der Waals surface area contributed by atoms with Crippen LogP contribution in [0.25, 0.3) is 0 Å². The quantitative estimate of drug-likeness (QED) is 0.865. The lowest BCUT2D eigenvalue weighted by Crippen LogP contribution is -2.36. The molecule has 1 N–H and O–H groups in total. The van der Waals surface area contributed by atoms with Gasteiger partial charge in [0.2, 0.25) is 10.0 Å². The number of hydrogen-bond acceptors (Lipinski definition) is 3. The Hall–Kier alpha value is -1.80. The van der Waals surface area contributed by atoms with Crippen LogP contribution in [0.3, 0.4) is 0 Å². The summed E-state index contributed by atoms with van der Waals surface area (Å²) < 4.78 is 53.2. The average molecular weight is 317 g/mol. The fourth-order valence-corrected chi connectivity index (χ4v) is 3.72. The number of carboxylic acids is 1. The molecule has 8 heteroatoms. The Balaban J connectivity index is 2.54. The number of aromatic carboxylic acids is 1. The minimum atomic E-state index is -4.21. The van der Waals surface area contributed by atoms with Crippen molar-refractivity contribution >= 4 is 16.0 Å². The molecule has 0 atom stereocenters. The minimum Gasteiger partial charge on any atom is -0.477 e. The van der Waals surface area contributed by atoms with Crippen LogP contribution in [0.4, 0.5) is 8.78 Å². The first-order valence-corrected chi connectivity index (χ1v) is 7.56. The molecule has 1 aromatic rings. The summed E-state index contributed by atoms with van der Waals surface area (Å²) >= 11 is 0. The van der Waals surface area contributed by atoms with Crippen LogP contribution in [0.15, 0.2) is 28.7 Å². The van der Waals surface area contributed by atoms with Crippen molar-refractivity contribution in [3.63, 3.8) is 0 Å². The summed E-state index contributed by atoms with van der Waals surface area (Å²) in [4.78, 5) is 10.0. The first-order chi connectivity index (χ1) is 9.75. The molecule has 21 heavy (non-hydrogen) atoms. The Morgan fingerprint density at radius 2 is 2.00 bits per heavy atom. The van der Waals surface area contributed by atoms with Crippen LogP contribution < -0.4 is 0 Å². The highest BCUT2D eigenvalue weighted by Gasteiger charge is 2.32. The Morgan fingerprint density at radius 1 is 1.33 bits per heavy atom. The molecule has 0 radical (unpaired) electrons. The number of halogens is 2. The second kappa shape index (κ2) is 5.53. The zero-order valence-electron chi connectivity index (χ0n) is 11.1. The molecule has 0 fully saturated rings. The maximum atomic E-state index is 14.1. The minimum absolute atomic E-state index is 0.0988. The van der Waals surface area contributed by atoms with Gasteiger partial charge in [0.25, 0.3) is 0 Å². The van der Waals surface area contributed by atoms with E-state index in [4.69, 9.17) is 5.11 Å². The number of nitrogens with zero attached hydrogens (tertiary/aromatic N) is 1. The lowest BCUT2D eigenvalue weighted by molar-refractivity contribution is 0.0685. The van der Waals surface area contributed by atoms with Gasteiger partial charge in [0.15, 0.2) is 5.82 Å². The highest BCUT2D eigenvalue weighted by Crippen LogP contribution is 2.26. The Bertz CT molecular complexity index is 728. The first kappa shape index (κ1) is 15.6. The molecule has 0 saturated heterocycles. The molecule has 114 valence electrons. The van der Waals surface area contributed by atoms with Gasteiger partial charge in [-0.05, 0) is 25.5 Å². The van der Waals surface area contributed by atoms with Gasteiger partial charge in [0, 0.05) is 13.1 Å². The highest BCUT2D eigenvalue weighted by atomic mass is 32.2. The normalized spacial score (nSPS) is 16.6. The zero-order chi connectivity index (χ0) is 15.8. The van der Waals surface area contributed by atoms with Crippen molar-refractivity contribution in [3.8, 4) is 0 Å². The summed E-state index contributed by atoms with van der Waals surface area (Å²) in [6.45, 7) is 2.01. The van der Waals surface area contributed by atoms with Gasteiger partial charge in [-0.15, -0.1) is 0 Å². The van der Waals surface area contributed by atoms with Gasteiger partial charge >= 0.3 is 5.97 Å². The molecule has 0 amide bonds. The Morgan fingerprint density at radius 3 is 2.57 bits per heavy atom. The highest BCUT2D eigenvalue weighted by molar-refractivity contribution is 7.89. The first-order valence-electron chi connectivity index (χ1n) is 6.12. The maximum absolute atomic E-state index is 14.1. The Labute approximate surface area is 120 Å². The number of carboxylic acid groups (broad SMARTS) is 1. The molecule has 0 unspecified atom stereocenters. The average Bonchev–Trinajstić information content (AvgIpc) is 2.37. The second-order valence-electron chi connectivity index (χ2n) is 4.72. The van der Waals surface area contributed by atoms with E-state index in [1.54, 1.807) is 6.92 Å². The van der Waals surface area contributed by atoms with Crippen molar-refractivity contribution in [2.24, 2.45) is 0 Å². The summed E-state index contributed by atoms with van der Waals surface area (Å²) in [5.74, 6) is -4.74. The number of carbonyl (C=O) groups is 1. The van der Waals surface area contributed by atoms with Crippen LogP contribution in [-0.2, 0) is 10.0 Å². The third-order valence-electron chi connectivity index (χ3n) is 3.18. The van der Waals surface area contributed by atoms with Gasteiger partial charge in [-0.25, -0.2) is 22.0 Å². The predicted octanol–water partition coefficient (Wildman–Crippen LogP) is 2.00. The molecule has 2 rings (SSSR count). The van der Waals surface area contributed by atoms with Gasteiger partial charge in [0.1, 0.15) is 16.3 Å². The van der Waals surface area contributed by atoms with Crippen LogP contribution in [0.5, 0.6) is 0 Å². The molecule has 5 nitrogen and oxygen atoms in total. The van der Waals surface area contributed by atoms with Crippen LogP contribution in [0, 0.1) is 11.6 Å². The SMILES string of the molecule is CC1=CCCN(S(=O)(=O)c2ccc(F)c(C(=O)O)c2F)C1. The number of benzene rings is 1. The van der Waals surface area contributed by atoms with Crippen LogP contribution in [-0.4, -0.2) is 36.9 Å². The molecule has 0 bridgehead atoms. The lowest BCUT2D eigenvalue weighted by atomic mass is 10.2. The van der Waals surface area contributed by atoms with Crippen LogP contribution >= 0.6 is 0 Å². The fraction of sp³-hybridized carbons (Fsp3) is 0.308. The number of hydrogen-bond donors (Lipinski definition) is 1. The molecule has 1 aromatic carbocycles. The largest absolute Gasteiger partial charge is 0.477 e. The molecule has 1 heterocycles. The van der Waals surface area contributed by atoms with E-state index >= 15 is 0 Å². The molecule has 0 spiro atoms. The van der Waals surface area contributed by atoms with Gasteiger partial charge in [-0.1, -0.05) is 11.6 Å².